The van der Waals surface area contributed by atoms with Crippen molar-refractivity contribution in [1.29, 1.82) is 0 Å². The van der Waals surface area contributed by atoms with Crippen molar-refractivity contribution in [3.05, 3.63) is 42.5 Å². The van der Waals surface area contributed by atoms with Crippen LogP contribution in [0.4, 0.5) is 0 Å². The van der Waals surface area contributed by atoms with Crippen LogP contribution in [0.2, 0.25) is 0 Å². The number of nitrogens with zero attached hydrogens (tertiary/aromatic N) is 2. The van der Waals surface area contributed by atoms with Crippen LogP contribution in [0.1, 0.15) is 11.7 Å². The zero-order chi connectivity index (χ0) is 10.1. The largest absolute Gasteiger partial charge is 0.360 e. The van der Waals surface area contributed by atoms with Gasteiger partial charge in [0.05, 0.1) is 11.4 Å². The first-order valence-electron chi connectivity index (χ1n) is 4.75. The maximum Gasteiger partial charge on any atom is 0.174 e. The van der Waals surface area contributed by atoms with Crippen molar-refractivity contribution in [3.63, 3.8) is 0 Å². The maximum atomic E-state index is 4.31. The van der Waals surface area contributed by atoms with Crippen molar-refractivity contribution in [2.24, 2.45) is 4.99 Å². The highest BCUT2D eigenvalue weighted by atomic mass is 15.0. The zero-order valence-electron chi connectivity index (χ0n) is 7.94. The maximum absolute atomic E-state index is 4.31. The van der Waals surface area contributed by atoms with E-state index in [0.717, 1.165) is 17.1 Å². The Morgan fingerprint density at radius 2 is 2.40 bits per heavy atom. The van der Waals surface area contributed by atoms with Gasteiger partial charge < -0.3 is 9.97 Å². The molecule has 2 aromatic heterocycles. The third-order valence-corrected chi connectivity index (χ3v) is 2.39. The molecule has 0 fully saturated rings. The Morgan fingerprint density at radius 1 is 1.40 bits per heavy atom. The predicted octanol–water partition coefficient (Wildman–Crippen LogP) is 1.89. The molecule has 1 atom stereocenters. The van der Waals surface area contributed by atoms with Crippen LogP contribution in [0, 0.1) is 6.33 Å². The molecule has 0 saturated carbocycles. The molecule has 2 N–H and O–H groups in total. The number of H-pyrrole nitrogens is 2. The van der Waals surface area contributed by atoms with Gasteiger partial charge in [0.25, 0.3) is 0 Å². The fourth-order valence-corrected chi connectivity index (χ4v) is 1.68. The summed E-state index contributed by atoms with van der Waals surface area (Å²) in [4.78, 5) is 14.6. The molecule has 1 unspecified atom stereocenters. The van der Waals surface area contributed by atoms with Gasteiger partial charge in [-0.15, -0.1) is 0 Å². The van der Waals surface area contributed by atoms with E-state index in [1.54, 1.807) is 6.21 Å². The molecule has 0 bridgehead atoms. The second kappa shape index (κ2) is 3.24. The Labute approximate surface area is 86.8 Å². The van der Waals surface area contributed by atoms with Gasteiger partial charge in [0.2, 0.25) is 0 Å². The van der Waals surface area contributed by atoms with Crippen LogP contribution in [0.5, 0.6) is 0 Å². The van der Waals surface area contributed by atoms with Crippen LogP contribution < -0.4 is 0 Å². The topological polar surface area (TPSA) is 56.8 Å². The first-order chi connectivity index (χ1) is 7.45. The molecule has 0 amide bonds. The average Bonchev–Trinajstić information content (AvgIpc) is 3.01. The van der Waals surface area contributed by atoms with Crippen LogP contribution in [0.15, 0.2) is 35.5 Å². The number of hydrogen-bond donors (Lipinski definition) is 2. The summed E-state index contributed by atoms with van der Waals surface area (Å²) in [5, 5.41) is 0. The summed E-state index contributed by atoms with van der Waals surface area (Å²) in [5.74, 6) is 0. The summed E-state index contributed by atoms with van der Waals surface area (Å²) < 4.78 is 0. The Kier molecular flexibility index (Phi) is 1.78. The lowest BCUT2D eigenvalue weighted by Crippen LogP contribution is -1.93. The van der Waals surface area contributed by atoms with E-state index in [4.69, 9.17) is 0 Å². The standard InChI is InChI=1S/C11H9N4/c1-3-8(12-5-1)10-11(15-7-14-10)9-4-2-6-13-9/h1-6,8,13H,(H,14,15). The van der Waals surface area contributed by atoms with Crippen molar-refractivity contribution in [3.8, 4) is 11.4 Å². The number of aliphatic imine (C=N–C) groups is 1. The molecule has 2 aromatic rings. The van der Waals surface area contributed by atoms with Crippen LogP contribution >= 0.6 is 0 Å². The second-order valence-electron chi connectivity index (χ2n) is 3.32. The SMILES string of the molecule is [c]1nc(-c2ccc[nH]2)c(C2C=CC=N2)[nH]1. The van der Waals surface area contributed by atoms with Gasteiger partial charge in [-0.2, -0.15) is 0 Å². The number of allylic oxidation sites excluding steroid dienone is 1. The Bertz CT molecular complexity index is 492. The third-order valence-electron chi connectivity index (χ3n) is 2.39. The fraction of sp³-hybridized carbons (Fsp3) is 0.0909. The number of nitrogens with one attached hydrogen (secondary N) is 2. The number of aromatic amines is 2. The molecule has 0 aliphatic carbocycles. The van der Waals surface area contributed by atoms with Gasteiger partial charge in [0.15, 0.2) is 6.33 Å². The van der Waals surface area contributed by atoms with Crippen LogP contribution in [-0.2, 0) is 0 Å². The van der Waals surface area contributed by atoms with Crippen molar-refractivity contribution >= 4 is 6.21 Å². The lowest BCUT2D eigenvalue weighted by molar-refractivity contribution is 0.895. The number of rotatable bonds is 2. The minimum absolute atomic E-state index is 0.0436. The van der Waals surface area contributed by atoms with E-state index < -0.39 is 0 Å². The van der Waals surface area contributed by atoms with E-state index in [1.165, 1.54) is 0 Å². The molecule has 0 spiro atoms. The van der Waals surface area contributed by atoms with Gasteiger partial charge in [-0.3, -0.25) is 4.99 Å². The summed E-state index contributed by atoms with van der Waals surface area (Å²) >= 11 is 0. The summed E-state index contributed by atoms with van der Waals surface area (Å²) in [6.07, 6.45) is 10.4. The first kappa shape index (κ1) is 8.23. The van der Waals surface area contributed by atoms with E-state index in [9.17, 15) is 0 Å². The van der Waals surface area contributed by atoms with E-state index >= 15 is 0 Å². The van der Waals surface area contributed by atoms with Crippen molar-refractivity contribution in [2.75, 3.05) is 0 Å². The summed E-state index contributed by atoms with van der Waals surface area (Å²) in [6, 6.07) is 3.97. The van der Waals surface area contributed by atoms with Gasteiger partial charge in [0.1, 0.15) is 11.7 Å². The van der Waals surface area contributed by atoms with Crippen LogP contribution in [0.3, 0.4) is 0 Å². The number of hydrogen-bond acceptors (Lipinski definition) is 2. The van der Waals surface area contributed by atoms with E-state index in [0.29, 0.717) is 0 Å². The molecule has 1 aliphatic heterocycles. The minimum atomic E-state index is 0.0436. The van der Waals surface area contributed by atoms with Crippen LogP contribution in [0.25, 0.3) is 11.4 Å². The highest BCUT2D eigenvalue weighted by molar-refractivity contribution is 5.75. The van der Waals surface area contributed by atoms with E-state index in [2.05, 4.69) is 26.3 Å². The quantitative estimate of drug-likeness (QED) is 0.758. The molecule has 3 rings (SSSR count). The monoisotopic (exact) mass is 197 g/mol. The number of imidazole rings is 1. The van der Waals surface area contributed by atoms with Gasteiger partial charge in [-0.1, -0.05) is 6.08 Å². The van der Waals surface area contributed by atoms with Gasteiger partial charge >= 0.3 is 0 Å². The average molecular weight is 197 g/mol. The molecule has 4 nitrogen and oxygen atoms in total. The van der Waals surface area contributed by atoms with Crippen molar-refractivity contribution < 1.29 is 0 Å². The van der Waals surface area contributed by atoms with Crippen LogP contribution in [-0.4, -0.2) is 21.2 Å². The summed E-state index contributed by atoms with van der Waals surface area (Å²) in [7, 11) is 0. The minimum Gasteiger partial charge on any atom is -0.360 e. The molecule has 4 heteroatoms. The second-order valence-corrected chi connectivity index (χ2v) is 3.32. The third kappa shape index (κ3) is 1.30. The molecule has 73 valence electrons. The molecular weight excluding hydrogens is 188 g/mol. The van der Waals surface area contributed by atoms with Crippen molar-refractivity contribution in [2.45, 2.75) is 6.04 Å². The molecule has 3 heterocycles. The molecule has 1 radical (unpaired) electrons. The zero-order valence-corrected chi connectivity index (χ0v) is 7.94. The van der Waals surface area contributed by atoms with Gasteiger partial charge in [-0.25, -0.2) is 4.98 Å². The summed E-state index contributed by atoms with van der Waals surface area (Å²) in [5.41, 5.74) is 2.84. The summed E-state index contributed by atoms with van der Waals surface area (Å²) in [6.45, 7) is 0. The fourth-order valence-electron chi connectivity index (χ4n) is 1.68. The lowest BCUT2D eigenvalue weighted by Gasteiger charge is -2.03. The molecular formula is C11H9N4. The smallest absolute Gasteiger partial charge is 0.174 e. The van der Waals surface area contributed by atoms with Crippen molar-refractivity contribution in [1.82, 2.24) is 15.0 Å². The Hall–Kier alpha value is -2.10. The van der Waals surface area contributed by atoms with E-state index in [1.807, 2.05) is 30.5 Å². The molecule has 0 aromatic carbocycles. The first-order valence-corrected chi connectivity index (χ1v) is 4.75. The lowest BCUT2D eigenvalue weighted by atomic mass is 10.1. The molecule has 0 saturated heterocycles. The Balaban J connectivity index is 2.06. The number of aromatic nitrogens is 3. The normalized spacial score (nSPS) is 18.8. The molecule has 15 heavy (non-hydrogen) atoms. The van der Waals surface area contributed by atoms with E-state index in [-0.39, 0.29) is 6.04 Å². The van der Waals surface area contributed by atoms with Gasteiger partial charge in [-0.05, 0) is 18.2 Å². The molecule has 1 aliphatic rings. The highest BCUT2D eigenvalue weighted by Crippen LogP contribution is 2.27. The van der Waals surface area contributed by atoms with Gasteiger partial charge in [0, 0.05) is 12.4 Å². The Morgan fingerprint density at radius 3 is 3.13 bits per heavy atom. The predicted molar refractivity (Wildman–Crippen MR) is 57.6 cm³/mol. The highest BCUT2D eigenvalue weighted by Gasteiger charge is 2.17.